The van der Waals surface area contributed by atoms with Crippen molar-refractivity contribution in [3.8, 4) is 0 Å². The lowest BCUT2D eigenvalue weighted by Crippen LogP contribution is -2.24. The molecule has 0 spiro atoms. The molecule has 1 heterocycles. The largest absolute Gasteiger partial charge is 0.390 e. The highest BCUT2D eigenvalue weighted by Crippen LogP contribution is 2.08. The number of hydrogen-bond donors (Lipinski definition) is 1. The molecule has 0 aliphatic rings. The minimum atomic E-state index is -0.0484. The van der Waals surface area contributed by atoms with Crippen molar-refractivity contribution in [2.24, 2.45) is 0 Å². The molecule has 0 radical (unpaired) electrons. The van der Waals surface area contributed by atoms with E-state index in [-0.39, 0.29) is 6.61 Å². The number of aliphatic hydroxyl groups is 1. The molecule has 0 aliphatic carbocycles. The summed E-state index contributed by atoms with van der Waals surface area (Å²) in [4.78, 5) is 10.5. The molecule has 0 saturated carbocycles. The third kappa shape index (κ3) is 2.67. The fourth-order valence-electron chi connectivity index (χ4n) is 1.30. The molecule has 0 bridgehead atoms. The highest BCUT2D eigenvalue weighted by molar-refractivity contribution is 5.35. The van der Waals surface area contributed by atoms with Crippen LogP contribution in [0.25, 0.3) is 0 Å². The second-order valence-electron chi connectivity index (χ2n) is 3.10. The van der Waals surface area contributed by atoms with Gasteiger partial charge in [-0.2, -0.15) is 0 Å². The Balaban J connectivity index is 2.73. The average Bonchev–Trinajstić information content (AvgIpc) is 2.26. The second kappa shape index (κ2) is 5.54. The van der Waals surface area contributed by atoms with Gasteiger partial charge < -0.3 is 10.0 Å². The fourth-order valence-corrected chi connectivity index (χ4v) is 1.30. The zero-order valence-electron chi connectivity index (χ0n) is 8.77. The van der Waals surface area contributed by atoms with Gasteiger partial charge in [0.2, 0.25) is 0 Å². The predicted octanol–water partition coefficient (Wildman–Crippen LogP) is 1.21. The van der Waals surface area contributed by atoms with Crippen LogP contribution in [0.3, 0.4) is 0 Å². The van der Waals surface area contributed by atoms with Crippen LogP contribution >= 0.6 is 0 Å². The molecule has 0 saturated heterocycles. The van der Waals surface area contributed by atoms with Gasteiger partial charge in [-0.3, -0.25) is 4.98 Å². The molecule has 1 rings (SSSR count). The summed E-state index contributed by atoms with van der Waals surface area (Å²) >= 11 is 0. The third-order valence-corrected chi connectivity index (χ3v) is 2.05. The third-order valence-electron chi connectivity index (χ3n) is 2.05. The van der Waals surface area contributed by atoms with Gasteiger partial charge in [0.25, 0.3) is 0 Å². The molecule has 0 aliphatic heterocycles. The van der Waals surface area contributed by atoms with E-state index < -0.39 is 0 Å². The Morgan fingerprint density at radius 1 is 1.29 bits per heavy atom. The first-order valence-corrected chi connectivity index (χ1v) is 4.98. The van der Waals surface area contributed by atoms with Crippen LogP contribution in [-0.4, -0.2) is 28.2 Å². The van der Waals surface area contributed by atoms with Crippen molar-refractivity contribution in [2.75, 3.05) is 18.0 Å². The van der Waals surface area contributed by atoms with E-state index in [0.29, 0.717) is 5.69 Å². The van der Waals surface area contributed by atoms with E-state index >= 15 is 0 Å². The lowest BCUT2D eigenvalue weighted by molar-refractivity contribution is 0.276. The van der Waals surface area contributed by atoms with E-state index in [1.165, 1.54) is 0 Å². The van der Waals surface area contributed by atoms with Crippen LogP contribution in [0.15, 0.2) is 12.4 Å². The van der Waals surface area contributed by atoms with Crippen LogP contribution in [0.2, 0.25) is 0 Å². The van der Waals surface area contributed by atoms with Crippen molar-refractivity contribution in [2.45, 2.75) is 26.9 Å². The molecule has 14 heavy (non-hydrogen) atoms. The lowest BCUT2D eigenvalue weighted by Gasteiger charge is -2.20. The SMILES string of the molecule is CCCN(CC)c1cnc(CO)cn1. The predicted molar refractivity (Wildman–Crippen MR) is 56.1 cm³/mol. The molecular formula is C10H17N3O. The Hall–Kier alpha value is -1.16. The first-order chi connectivity index (χ1) is 6.81. The molecule has 4 heteroatoms. The van der Waals surface area contributed by atoms with Crippen LogP contribution in [0.4, 0.5) is 5.82 Å². The molecule has 1 N–H and O–H groups in total. The Labute approximate surface area is 84.6 Å². The molecule has 0 amide bonds. The summed E-state index contributed by atoms with van der Waals surface area (Å²) in [6, 6.07) is 0. The van der Waals surface area contributed by atoms with E-state index in [0.717, 1.165) is 25.3 Å². The summed E-state index contributed by atoms with van der Waals surface area (Å²) in [5.74, 6) is 0.881. The highest BCUT2D eigenvalue weighted by atomic mass is 16.3. The van der Waals surface area contributed by atoms with Gasteiger partial charge in [-0.15, -0.1) is 0 Å². The number of aromatic nitrogens is 2. The maximum absolute atomic E-state index is 8.81. The standard InChI is InChI=1S/C10H17N3O/c1-3-5-13(4-2)10-7-11-9(8-14)6-12-10/h6-7,14H,3-5,8H2,1-2H3. The van der Waals surface area contributed by atoms with Crippen LogP contribution in [0.5, 0.6) is 0 Å². The minimum absolute atomic E-state index is 0.0484. The topological polar surface area (TPSA) is 49.2 Å². The summed E-state index contributed by atoms with van der Waals surface area (Å²) in [6.07, 6.45) is 4.43. The number of anilines is 1. The van der Waals surface area contributed by atoms with Crippen LogP contribution < -0.4 is 4.90 Å². The first-order valence-electron chi connectivity index (χ1n) is 4.98. The molecule has 0 fully saturated rings. The molecule has 0 unspecified atom stereocenters. The van der Waals surface area contributed by atoms with Crippen molar-refractivity contribution >= 4 is 5.82 Å². The van der Waals surface area contributed by atoms with Gasteiger partial charge in [0, 0.05) is 13.1 Å². The molecule has 78 valence electrons. The van der Waals surface area contributed by atoms with E-state index in [4.69, 9.17) is 5.11 Å². The smallest absolute Gasteiger partial charge is 0.147 e. The number of aliphatic hydroxyl groups excluding tert-OH is 1. The number of nitrogens with zero attached hydrogens (tertiary/aromatic N) is 3. The summed E-state index contributed by atoms with van der Waals surface area (Å²) in [6.45, 7) is 6.10. The average molecular weight is 195 g/mol. The normalized spacial score (nSPS) is 10.2. The summed E-state index contributed by atoms with van der Waals surface area (Å²) in [7, 11) is 0. The highest BCUT2D eigenvalue weighted by Gasteiger charge is 2.04. The Bertz CT molecular complexity index is 261. The zero-order valence-corrected chi connectivity index (χ0v) is 8.77. The van der Waals surface area contributed by atoms with Gasteiger partial charge >= 0.3 is 0 Å². The van der Waals surface area contributed by atoms with Crippen molar-refractivity contribution in [3.05, 3.63) is 18.1 Å². The monoisotopic (exact) mass is 195 g/mol. The second-order valence-corrected chi connectivity index (χ2v) is 3.10. The van der Waals surface area contributed by atoms with Crippen LogP contribution in [0, 0.1) is 0 Å². The molecular weight excluding hydrogens is 178 g/mol. The summed E-state index contributed by atoms with van der Waals surface area (Å²) in [5, 5.41) is 8.81. The number of rotatable bonds is 5. The van der Waals surface area contributed by atoms with Gasteiger partial charge in [0.05, 0.1) is 24.7 Å². The van der Waals surface area contributed by atoms with E-state index in [1.54, 1.807) is 12.4 Å². The molecule has 0 atom stereocenters. The Morgan fingerprint density at radius 3 is 2.50 bits per heavy atom. The quantitative estimate of drug-likeness (QED) is 0.767. The molecule has 1 aromatic rings. The van der Waals surface area contributed by atoms with Crippen molar-refractivity contribution in [3.63, 3.8) is 0 Å². The first kappa shape index (κ1) is 10.9. The molecule has 0 aromatic carbocycles. The van der Waals surface area contributed by atoms with Gasteiger partial charge in [-0.25, -0.2) is 4.98 Å². The van der Waals surface area contributed by atoms with Crippen LogP contribution in [-0.2, 0) is 6.61 Å². The fraction of sp³-hybridized carbons (Fsp3) is 0.600. The maximum Gasteiger partial charge on any atom is 0.147 e. The van der Waals surface area contributed by atoms with Crippen molar-refractivity contribution in [1.82, 2.24) is 9.97 Å². The van der Waals surface area contributed by atoms with Gasteiger partial charge in [-0.05, 0) is 13.3 Å². The summed E-state index contributed by atoms with van der Waals surface area (Å²) in [5.41, 5.74) is 0.612. The lowest BCUT2D eigenvalue weighted by atomic mass is 10.4. The Morgan fingerprint density at radius 2 is 2.07 bits per heavy atom. The summed E-state index contributed by atoms with van der Waals surface area (Å²) < 4.78 is 0. The maximum atomic E-state index is 8.81. The van der Waals surface area contributed by atoms with Crippen molar-refractivity contribution < 1.29 is 5.11 Å². The molecule has 4 nitrogen and oxygen atoms in total. The zero-order chi connectivity index (χ0) is 10.4. The van der Waals surface area contributed by atoms with Crippen LogP contribution in [0.1, 0.15) is 26.0 Å². The minimum Gasteiger partial charge on any atom is -0.390 e. The Kier molecular flexibility index (Phi) is 4.32. The van der Waals surface area contributed by atoms with Gasteiger partial charge in [0.1, 0.15) is 5.82 Å². The van der Waals surface area contributed by atoms with Gasteiger partial charge in [0.15, 0.2) is 0 Å². The van der Waals surface area contributed by atoms with E-state index in [9.17, 15) is 0 Å². The van der Waals surface area contributed by atoms with E-state index in [1.807, 2.05) is 0 Å². The molecule has 1 aromatic heterocycles. The van der Waals surface area contributed by atoms with Crippen molar-refractivity contribution in [1.29, 1.82) is 0 Å². The van der Waals surface area contributed by atoms with Gasteiger partial charge in [-0.1, -0.05) is 6.92 Å². The number of hydrogen-bond acceptors (Lipinski definition) is 4. The van der Waals surface area contributed by atoms with E-state index in [2.05, 4.69) is 28.7 Å².